The molecule has 6 nitrogen and oxygen atoms in total. The highest BCUT2D eigenvalue weighted by atomic mass is 35.5. The molecular weight excluding hydrogens is 268 g/mol. The largest absolute Gasteiger partial charge is 0.350 e. The monoisotopic (exact) mass is 284 g/mol. The molecule has 19 heavy (non-hydrogen) atoms. The van der Waals surface area contributed by atoms with Gasteiger partial charge in [-0.2, -0.15) is 0 Å². The van der Waals surface area contributed by atoms with E-state index in [0.29, 0.717) is 23.7 Å². The number of hydrogen-bond donors (Lipinski definition) is 2. The number of carbonyl (C=O) groups excluding carboxylic acids is 2. The lowest BCUT2D eigenvalue weighted by atomic mass is 10.2. The molecule has 2 N–H and O–H groups in total. The molecule has 0 aliphatic carbocycles. The highest BCUT2D eigenvalue weighted by molar-refractivity contribution is 6.33. The number of halogens is 1. The zero-order chi connectivity index (χ0) is 14.4. The van der Waals surface area contributed by atoms with Gasteiger partial charge in [-0.1, -0.05) is 11.6 Å². The standard InChI is InChI=1S/C12H17ClN4O2/c1-8-6-10(13)9(7-16-8)11(18)14-4-5-15-12(19)17(2)3/h6-7H,4-5H2,1-3H3,(H,14,18)(H,15,19). The number of pyridine rings is 1. The smallest absolute Gasteiger partial charge is 0.316 e. The van der Waals surface area contributed by atoms with E-state index in [0.717, 1.165) is 5.69 Å². The lowest BCUT2D eigenvalue weighted by molar-refractivity contribution is 0.0953. The minimum absolute atomic E-state index is 0.204. The number of nitrogens with zero attached hydrogens (tertiary/aromatic N) is 2. The highest BCUT2D eigenvalue weighted by Gasteiger charge is 2.10. The van der Waals surface area contributed by atoms with Gasteiger partial charge in [-0.25, -0.2) is 4.79 Å². The molecule has 0 radical (unpaired) electrons. The van der Waals surface area contributed by atoms with Crippen LogP contribution < -0.4 is 10.6 Å². The van der Waals surface area contributed by atoms with Crippen LogP contribution in [-0.4, -0.2) is 49.0 Å². The molecule has 104 valence electrons. The summed E-state index contributed by atoms with van der Waals surface area (Å²) in [5.74, 6) is -0.309. The molecule has 3 amide bonds. The van der Waals surface area contributed by atoms with Crippen LogP contribution in [0.25, 0.3) is 0 Å². The van der Waals surface area contributed by atoms with Crippen molar-refractivity contribution in [3.63, 3.8) is 0 Å². The lowest BCUT2D eigenvalue weighted by Crippen LogP contribution is -2.39. The number of aromatic nitrogens is 1. The summed E-state index contributed by atoms with van der Waals surface area (Å²) in [7, 11) is 3.29. The van der Waals surface area contributed by atoms with E-state index in [-0.39, 0.29) is 11.9 Å². The van der Waals surface area contributed by atoms with E-state index >= 15 is 0 Å². The van der Waals surface area contributed by atoms with Gasteiger partial charge in [0.25, 0.3) is 5.91 Å². The first kappa shape index (κ1) is 15.2. The van der Waals surface area contributed by atoms with Crippen LogP contribution >= 0.6 is 11.6 Å². The zero-order valence-corrected chi connectivity index (χ0v) is 11.9. The quantitative estimate of drug-likeness (QED) is 0.812. The van der Waals surface area contributed by atoms with Crippen LogP contribution in [0.5, 0.6) is 0 Å². The number of urea groups is 1. The first-order chi connectivity index (χ1) is 8.91. The van der Waals surface area contributed by atoms with E-state index in [2.05, 4.69) is 15.6 Å². The molecule has 0 bridgehead atoms. The number of nitrogens with one attached hydrogen (secondary N) is 2. The third kappa shape index (κ3) is 4.75. The normalized spacial score (nSPS) is 9.89. The SMILES string of the molecule is Cc1cc(Cl)c(C(=O)NCCNC(=O)N(C)C)cn1. The number of rotatable bonds is 4. The topological polar surface area (TPSA) is 74.3 Å². The van der Waals surface area contributed by atoms with Crippen molar-refractivity contribution in [2.45, 2.75) is 6.92 Å². The van der Waals surface area contributed by atoms with Gasteiger partial charge in [-0.05, 0) is 13.0 Å². The van der Waals surface area contributed by atoms with Gasteiger partial charge >= 0.3 is 6.03 Å². The first-order valence-electron chi connectivity index (χ1n) is 5.77. The molecule has 0 saturated heterocycles. The Hall–Kier alpha value is -1.82. The number of hydrogen-bond acceptors (Lipinski definition) is 3. The third-order valence-corrected chi connectivity index (χ3v) is 2.64. The van der Waals surface area contributed by atoms with Crippen molar-refractivity contribution in [1.29, 1.82) is 0 Å². The van der Waals surface area contributed by atoms with E-state index < -0.39 is 0 Å². The minimum atomic E-state index is -0.309. The number of amides is 3. The van der Waals surface area contributed by atoms with Gasteiger partial charge in [-0.15, -0.1) is 0 Å². The van der Waals surface area contributed by atoms with Crippen LogP contribution in [0.1, 0.15) is 16.1 Å². The fraction of sp³-hybridized carbons (Fsp3) is 0.417. The molecule has 0 aliphatic rings. The van der Waals surface area contributed by atoms with Crippen molar-refractivity contribution >= 4 is 23.5 Å². The van der Waals surface area contributed by atoms with Crippen molar-refractivity contribution in [3.8, 4) is 0 Å². The Bertz CT molecular complexity index is 477. The van der Waals surface area contributed by atoms with Crippen LogP contribution in [-0.2, 0) is 0 Å². The second kappa shape index (κ2) is 6.94. The summed E-state index contributed by atoms with van der Waals surface area (Å²) in [6, 6.07) is 1.42. The molecule has 1 heterocycles. The zero-order valence-electron chi connectivity index (χ0n) is 11.2. The van der Waals surface area contributed by atoms with Gasteiger partial charge in [0.1, 0.15) is 0 Å². The molecule has 0 aliphatic heterocycles. The average Bonchev–Trinajstić information content (AvgIpc) is 2.33. The van der Waals surface area contributed by atoms with Crippen molar-refractivity contribution < 1.29 is 9.59 Å². The third-order valence-electron chi connectivity index (χ3n) is 2.33. The van der Waals surface area contributed by atoms with Crippen molar-refractivity contribution in [1.82, 2.24) is 20.5 Å². The Balaban J connectivity index is 2.41. The van der Waals surface area contributed by atoms with E-state index in [1.54, 1.807) is 27.1 Å². The Kier molecular flexibility index (Phi) is 5.57. The summed E-state index contributed by atoms with van der Waals surface area (Å²) < 4.78 is 0. The van der Waals surface area contributed by atoms with Crippen molar-refractivity contribution in [2.75, 3.05) is 27.2 Å². The summed E-state index contributed by atoms with van der Waals surface area (Å²) in [5.41, 5.74) is 1.07. The summed E-state index contributed by atoms with van der Waals surface area (Å²) in [6.07, 6.45) is 1.44. The maximum Gasteiger partial charge on any atom is 0.316 e. The molecule has 1 aromatic rings. The molecule has 0 fully saturated rings. The minimum Gasteiger partial charge on any atom is -0.350 e. The van der Waals surface area contributed by atoms with Crippen molar-refractivity contribution in [2.24, 2.45) is 0 Å². The van der Waals surface area contributed by atoms with Crippen LogP contribution in [0.3, 0.4) is 0 Å². The van der Waals surface area contributed by atoms with Crippen LogP contribution in [0, 0.1) is 6.92 Å². The highest BCUT2D eigenvalue weighted by Crippen LogP contribution is 2.15. The maximum atomic E-state index is 11.8. The van der Waals surface area contributed by atoms with Crippen LogP contribution in [0.4, 0.5) is 4.79 Å². The van der Waals surface area contributed by atoms with Crippen LogP contribution in [0.2, 0.25) is 5.02 Å². The fourth-order valence-corrected chi connectivity index (χ4v) is 1.58. The van der Waals surface area contributed by atoms with Gasteiger partial charge in [0.15, 0.2) is 0 Å². The summed E-state index contributed by atoms with van der Waals surface area (Å²) in [5, 5.41) is 5.66. The molecule has 0 spiro atoms. The molecule has 7 heteroatoms. The molecular formula is C12H17ClN4O2. The van der Waals surface area contributed by atoms with E-state index in [4.69, 9.17) is 11.6 Å². The Labute approximate surface area is 117 Å². The molecule has 0 saturated carbocycles. The van der Waals surface area contributed by atoms with E-state index in [1.165, 1.54) is 11.1 Å². The average molecular weight is 285 g/mol. The second-order valence-corrected chi connectivity index (χ2v) is 4.59. The molecule has 0 aromatic carbocycles. The van der Waals surface area contributed by atoms with Gasteiger partial charge in [0, 0.05) is 39.1 Å². The number of aryl methyl sites for hydroxylation is 1. The molecule has 0 unspecified atom stereocenters. The van der Waals surface area contributed by atoms with Crippen molar-refractivity contribution in [3.05, 3.63) is 28.5 Å². The summed E-state index contributed by atoms with van der Waals surface area (Å²) in [6.45, 7) is 2.46. The Morgan fingerprint density at radius 2 is 1.95 bits per heavy atom. The van der Waals surface area contributed by atoms with Gasteiger partial charge in [0.05, 0.1) is 10.6 Å². The predicted octanol–water partition coefficient (Wildman–Crippen LogP) is 1.04. The predicted molar refractivity (Wildman–Crippen MR) is 73.4 cm³/mol. The first-order valence-corrected chi connectivity index (χ1v) is 6.15. The maximum absolute atomic E-state index is 11.8. The fourth-order valence-electron chi connectivity index (χ4n) is 1.29. The van der Waals surface area contributed by atoms with E-state index in [9.17, 15) is 9.59 Å². The Morgan fingerprint density at radius 3 is 2.53 bits per heavy atom. The van der Waals surface area contributed by atoms with E-state index in [1.807, 2.05) is 0 Å². The second-order valence-electron chi connectivity index (χ2n) is 4.19. The molecule has 1 aromatic heterocycles. The van der Waals surface area contributed by atoms with Gasteiger partial charge in [0.2, 0.25) is 0 Å². The van der Waals surface area contributed by atoms with Gasteiger partial charge in [-0.3, -0.25) is 9.78 Å². The molecule has 0 atom stereocenters. The number of carbonyl (C=O) groups is 2. The summed E-state index contributed by atoms with van der Waals surface area (Å²) >= 11 is 5.95. The van der Waals surface area contributed by atoms with Gasteiger partial charge < -0.3 is 15.5 Å². The van der Waals surface area contributed by atoms with Crippen LogP contribution in [0.15, 0.2) is 12.3 Å². The summed E-state index contributed by atoms with van der Waals surface area (Å²) in [4.78, 5) is 28.5. The lowest BCUT2D eigenvalue weighted by Gasteiger charge is -2.12. The Morgan fingerprint density at radius 1 is 1.32 bits per heavy atom. The molecule has 1 rings (SSSR count).